The normalized spacial score (nSPS) is 17.5. The van der Waals surface area contributed by atoms with E-state index in [2.05, 4.69) is 16.0 Å². The number of rotatable bonds is 6. The maximum Gasteiger partial charge on any atom is 0.408 e. The molecule has 0 radical (unpaired) electrons. The van der Waals surface area contributed by atoms with Gasteiger partial charge in [0.25, 0.3) is 5.91 Å². The predicted octanol–water partition coefficient (Wildman–Crippen LogP) is 2.36. The van der Waals surface area contributed by atoms with Gasteiger partial charge in [0, 0.05) is 11.4 Å². The molecule has 9 heteroatoms. The molecular formula is C24H29N3O5S. The van der Waals surface area contributed by atoms with Crippen molar-refractivity contribution in [1.82, 2.24) is 16.0 Å². The Morgan fingerprint density at radius 3 is 2.64 bits per heavy atom. The zero-order valence-electron chi connectivity index (χ0n) is 18.8. The topological polar surface area (TPSA) is 114 Å². The van der Waals surface area contributed by atoms with Crippen LogP contribution in [0.15, 0.2) is 41.8 Å². The van der Waals surface area contributed by atoms with E-state index in [1.54, 1.807) is 25.2 Å². The number of ketones is 1. The first-order valence-electron chi connectivity index (χ1n) is 11.0. The van der Waals surface area contributed by atoms with Crippen LogP contribution in [0.4, 0.5) is 4.79 Å². The number of carbonyl (C=O) groups excluding carboxylic acids is 4. The number of carbonyl (C=O) groups is 4. The number of benzene rings is 1. The fourth-order valence-electron chi connectivity index (χ4n) is 3.60. The van der Waals surface area contributed by atoms with E-state index in [1.807, 2.05) is 41.8 Å². The van der Waals surface area contributed by atoms with Gasteiger partial charge in [0.1, 0.15) is 12.6 Å². The Hall–Kier alpha value is -3.20. The van der Waals surface area contributed by atoms with Crippen LogP contribution in [0, 0.1) is 5.92 Å². The van der Waals surface area contributed by atoms with Crippen molar-refractivity contribution in [1.29, 1.82) is 0 Å². The number of hydrogen-bond donors (Lipinski definition) is 3. The molecule has 0 fully saturated rings. The van der Waals surface area contributed by atoms with Crippen LogP contribution in [-0.4, -0.2) is 42.3 Å². The summed E-state index contributed by atoms with van der Waals surface area (Å²) in [6, 6.07) is 9.32. The van der Waals surface area contributed by atoms with Gasteiger partial charge < -0.3 is 20.7 Å². The molecule has 0 saturated carbocycles. The van der Waals surface area contributed by atoms with E-state index in [9.17, 15) is 19.2 Å². The molecule has 33 heavy (non-hydrogen) atoms. The second kappa shape index (κ2) is 11.6. The maximum absolute atomic E-state index is 13.0. The molecule has 2 atom stereocenters. The van der Waals surface area contributed by atoms with Crippen LogP contribution in [0.5, 0.6) is 0 Å². The summed E-state index contributed by atoms with van der Waals surface area (Å²) in [5, 5.41) is 9.88. The number of aryl methyl sites for hydroxylation is 1. The summed E-state index contributed by atoms with van der Waals surface area (Å²) >= 11 is 1.60. The van der Waals surface area contributed by atoms with Gasteiger partial charge in [-0.15, -0.1) is 11.3 Å². The summed E-state index contributed by atoms with van der Waals surface area (Å²) in [5.74, 6) is -2.19. The lowest BCUT2D eigenvalue weighted by atomic mass is 9.99. The lowest BCUT2D eigenvalue weighted by Gasteiger charge is -2.25. The molecule has 3 N–H and O–H groups in total. The molecule has 0 bridgehead atoms. The Morgan fingerprint density at radius 1 is 1.15 bits per heavy atom. The molecule has 3 rings (SSSR count). The number of ether oxygens (including phenoxy) is 1. The van der Waals surface area contributed by atoms with E-state index < -0.39 is 35.8 Å². The number of hydrogen-bond acceptors (Lipinski definition) is 6. The van der Waals surface area contributed by atoms with Gasteiger partial charge in [0.15, 0.2) is 0 Å². The Labute approximate surface area is 197 Å². The lowest BCUT2D eigenvalue weighted by molar-refractivity contribution is -0.140. The Balaban J connectivity index is 1.64. The summed E-state index contributed by atoms with van der Waals surface area (Å²) in [7, 11) is 0. The van der Waals surface area contributed by atoms with Crippen molar-refractivity contribution in [3.63, 3.8) is 0 Å². The smallest absolute Gasteiger partial charge is 0.408 e. The molecule has 2 heterocycles. The first-order valence-corrected chi connectivity index (χ1v) is 11.9. The molecule has 0 spiro atoms. The van der Waals surface area contributed by atoms with Crippen LogP contribution in [-0.2, 0) is 38.6 Å². The van der Waals surface area contributed by atoms with Crippen molar-refractivity contribution < 1.29 is 23.9 Å². The number of thiophene rings is 1. The predicted molar refractivity (Wildman–Crippen MR) is 125 cm³/mol. The fraction of sp³-hybridized carbons (Fsp3) is 0.417. The van der Waals surface area contributed by atoms with E-state index in [0.29, 0.717) is 25.8 Å². The van der Waals surface area contributed by atoms with Crippen LogP contribution in [0.1, 0.15) is 36.3 Å². The van der Waals surface area contributed by atoms with Crippen molar-refractivity contribution in [3.8, 4) is 0 Å². The third-order valence-electron chi connectivity index (χ3n) is 5.47. The van der Waals surface area contributed by atoms with Gasteiger partial charge in [-0.1, -0.05) is 44.2 Å². The summed E-state index contributed by atoms with van der Waals surface area (Å²) in [6.07, 6.45) is 0.815. The first-order chi connectivity index (χ1) is 15.8. The fourth-order valence-corrected chi connectivity index (χ4v) is 4.55. The van der Waals surface area contributed by atoms with E-state index in [1.165, 1.54) is 0 Å². The summed E-state index contributed by atoms with van der Waals surface area (Å²) < 4.78 is 5.22. The first kappa shape index (κ1) is 24.4. The third kappa shape index (κ3) is 6.89. The summed E-state index contributed by atoms with van der Waals surface area (Å²) in [6.45, 7) is 3.99. The van der Waals surface area contributed by atoms with Crippen LogP contribution >= 0.6 is 11.3 Å². The molecule has 0 saturated heterocycles. The van der Waals surface area contributed by atoms with Gasteiger partial charge in [-0.25, -0.2) is 4.79 Å². The minimum Gasteiger partial charge on any atom is -0.445 e. The SMILES string of the molecule is CC(C)C(NC(=O)OCc1ccccc1)C(=O)NC1CCc2sccc2CCNC(=O)C1=O. The highest BCUT2D eigenvalue weighted by atomic mass is 32.1. The lowest BCUT2D eigenvalue weighted by Crippen LogP contribution is -2.55. The monoisotopic (exact) mass is 471 g/mol. The quantitative estimate of drug-likeness (QED) is 0.560. The highest BCUT2D eigenvalue weighted by Crippen LogP contribution is 2.21. The van der Waals surface area contributed by atoms with Crippen molar-refractivity contribution in [2.75, 3.05) is 6.54 Å². The highest BCUT2D eigenvalue weighted by Gasteiger charge is 2.32. The number of fused-ring (bicyclic) bond motifs is 1. The number of nitrogens with one attached hydrogen (secondary N) is 3. The Morgan fingerprint density at radius 2 is 1.91 bits per heavy atom. The number of Topliss-reactive ketones (excluding diaryl/α,β-unsaturated/α-hetero) is 1. The van der Waals surface area contributed by atoms with Crippen LogP contribution in [0.2, 0.25) is 0 Å². The maximum atomic E-state index is 13.0. The van der Waals surface area contributed by atoms with Crippen molar-refractivity contribution >= 4 is 35.0 Å². The van der Waals surface area contributed by atoms with E-state index >= 15 is 0 Å². The largest absolute Gasteiger partial charge is 0.445 e. The molecule has 176 valence electrons. The summed E-state index contributed by atoms with van der Waals surface area (Å²) in [5.41, 5.74) is 1.96. The van der Waals surface area contributed by atoms with E-state index in [-0.39, 0.29) is 12.5 Å². The van der Waals surface area contributed by atoms with Crippen LogP contribution in [0.3, 0.4) is 0 Å². The highest BCUT2D eigenvalue weighted by molar-refractivity contribution is 7.10. The molecule has 3 amide bonds. The molecule has 1 aliphatic rings. The molecular weight excluding hydrogens is 442 g/mol. The standard InChI is InChI=1S/C24H29N3O5S/c1-15(2)20(27-24(31)32-14-16-6-4-3-5-7-16)22(29)26-18-8-9-19-17(11-13-33-19)10-12-25-23(30)21(18)28/h3-7,11,13,15,18,20H,8-10,12,14H2,1-2H3,(H,25,30)(H,26,29)(H,27,31). The van der Waals surface area contributed by atoms with Crippen LogP contribution < -0.4 is 16.0 Å². The van der Waals surface area contributed by atoms with E-state index in [4.69, 9.17) is 4.74 Å². The molecule has 2 unspecified atom stereocenters. The zero-order chi connectivity index (χ0) is 23.8. The molecule has 0 aliphatic carbocycles. The van der Waals surface area contributed by atoms with Crippen molar-refractivity contribution in [2.45, 2.75) is 51.8 Å². The number of amides is 3. The van der Waals surface area contributed by atoms with Crippen LogP contribution in [0.25, 0.3) is 0 Å². The minimum absolute atomic E-state index is 0.0730. The van der Waals surface area contributed by atoms with Gasteiger partial charge in [0.2, 0.25) is 11.7 Å². The third-order valence-corrected chi connectivity index (χ3v) is 6.49. The van der Waals surface area contributed by atoms with Crippen molar-refractivity contribution in [2.24, 2.45) is 5.92 Å². The zero-order valence-corrected chi connectivity index (χ0v) is 19.6. The minimum atomic E-state index is -0.978. The van der Waals surface area contributed by atoms with E-state index in [0.717, 1.165) is 16.0 Å². The van der Waals surface area contributed by atoms with Gasteiger partial charge in [0.05, 0.1) is 6.04 Å². The molecule has 2 aromatic rings. The Bertz CT molecular complexity index is 989. The van der Waals surface area contributed by atoms with Gasteiger partial charge in [-0.05, 0) is 47.8 Å². The summed E-state index contributed by atoms with van der Waals surface area (Å²) in [4.78, 5) is 51.4. The molecule has 1 aliphatic heterocycles. The average Bonchev–Trinajstić information content (AvgIpc) is 3.25. The Kier molecular flexibility index (Phi) is 8.59. The molecule has 8 nitrogen and oxygen atoms in total. The van der Waals surface area contributed by atoms with Crippen molar-refractivity contribution in [3.05, 3.63) is 57.8 Å². The molecule has 1 aromatic carbocycles. The van der Waals surface area contributed by atoms with Gasteiger partial charge in [-0.2, -0.15) is 0 Å². The van der Waals surface area contributed by atoms with Gasteiger partial charge >= 0.3 is 6.09 Å². The second-order valence-electron chi connectivity index (χ2n) is 8.27. The number of alkyl carbamates (subject to hydrolysis) is 1. The second-order valence-corrected chi connectivity index (χ2v) is 9.27. The average molecular weight is 472 g/mol. The van der Waals surface area contributed by atoms with Gasteiger partial charge in [-0.3, -0.25) is 14.4 Å². The molecule has 1 aromatic heterocycles.